The molecule has 3 fully saturated rings. The van der Waals surface area contributed by atoms with E-state index in [2.05, 4.69) is 19.8 Å². The lowest BCUT2D eigenvalue weighted by Crippen LogP contribution is -2.50. The Kier molecular flexibility index (Phi) is 6.21. The van der Waals surface area contributed by atoms with Crippen molar-refractivity contribution in [2.24, 2.45) is 5.92 Å². The Hall–Kier alpha value is -1.69. The molecule has 0 atom stereocenters. The van der Waals surface area contributed by atoms with Crippen LogP contribution in [0.25, 0.3) is 0 Å². The smallest absolute Gasteiger partial charge is 0.222 e. The fraction of sp³-hybridized carbons (Fsp3) is 0.792. The molecule has 0 aromatic carbocycles. The molecule has 2 saturated carbocycles. The fourth-order valence-electron chi connectivity index (χ4n) is 6.18. The first-order valence-electron chi connectivity index (χ1n) is 12.4. The van der Waals surface area contributed by atoms with Crippen molar-refractivity contribution in [2.45, 2.75) is 83.2 Å². The minimum Gasteiger partial charge on any atom is -0.354 e. The Morgan fingerprint density at radius 2 is 1.67 bits per heavy atom. The summed E-state index contributed by atoms with van der Waals surface area (Å²) in [5.74, 6) is 2.23. The number of nitrogens with zero attached hydrogens (tertiary/aromatic N) is 5. The highest BCUT2D eigenvalue weighted by molar-refractivity contribution is 5.76. The highest BCUT2D eigenvalue weighted by Gasteiger charge is 2.30. The van der Waals surface area contributed by atoms with E-state index in [1.165, 1.54) is 56.9 Å². The van der Waals surface area contributed by atoms with Crippen molar-refractivity contribution < 1.29 is 4.79 Å². The number of hydrogen-bond acceptors (Lipinski definition) is 5. The van der Waals surface area contributed by atoms with Crippen LogP contribution >= 0.6 is 0 Å². The Bertz CT molecular complexity index is 733. The van der Waals surface area contributed by atoms with Gasteiger partial charge >= 0.3 is 0 Å². The van der Waals surface area contributed by atoms with Crippen LogP contribution in [0.4, 0.5) is 5.82 Å². The van der Waals surface area contributed by atoms with E-state index in [0.717, 1.165) is 69.0 Å². The van der Waals surface area contributed by atoms with Gasteiger partial charge in [0.15, 0.2) is 0 Å². The Morgan fingerprint density at radius 1 is 0.933 bits per heavy atom. The second kappa shape index (κ2) is 9.21. The average Bonchev–Trinajstić information content (AvgIpc) is 3.51. The molecule has 5 rings (SSSR count). The van der Waals surface area contributed by atoms with E-state index < -0.39 is 0 Å². The summed E-state index contributed by atoms with van der Waals surface area (Å²) in [6, 6.07) is 0.815. The van der Waals surface area contributed by atoms with E-state index in [1.54, 1.807) is 6.33 Å². The normalized spacial score (nSPS) is 23.9. The third-order valence-electron chi connectivity index (χ3n) is 8.03. The van der Waals surface area contributed by atoms with E-state index in [0.29, 0.717) is 18.9 Å². The van der Waals surface area contributed by atoms with Crippen LogP contribution in [0.3, 0.4) is 0 Å². The maximum Gasteiger partial charge on any atom is 0.222 e. The molecule has 0 unspecified atom stereocenters. The number of hydrogen-bond donors (Lipinski definition) is 0. The van der Waals surface area contributed by atoms with E-state index in [4.69, 9.17) is 0 Å². The largest absolute Gasteiger partial charge is 0.354 e. The lowest BCUT2D eigenvalue weighted by Gasteiger charge is -2.40. The molecule has 2 aliphatic carbocycles. The molecule has 4 aliphatic rings. The zero-order valence-electron chi connectivity index (χ0n) is 18.4. The SMILES string of the molecule is O=C(CCC1CCCC1)N1CCc2c(ncnc2N2CCN(C3CCCC3)CC2)C1. The predicted octanol–water partition coefficient (Wildman–Crippen LogP) is 3.40. The predicted molar refractivity (Wildman–Crippen MR) is 118 cm³/mol. The highest BCUT2D eigenvalue weighted by atomic mass is 16.2. The zero-order valence-corrected chi connectivity index (χ0v) is 18.4. The molecule has 0 N–H and O–H groups in total. The third-order valence-corrected chi connectivity index (χ3v) is 8.03. The summed E-state index contributed by atoms with van der Waals surface area (Å²) in [7, 11) is 0. The standard InChI is InChI=1S/C24H37N5O/c30-23(10-9-19-5-1-2-6-19)29-12-11-21-22(17-29)25-18-26-24(21)28-15-13-27(14-16-28)20-7-3-4-8-20/h18-20H,1-17H2. The molecule has 1 saturated heterocycles. The van der Waals surface area contributed by atoms with Crippen LogP contribution < -0.4 is 4.90 Å². The molecule has 6 heteroatoms. The molecule has 0 bridgehead atoms. The fourth-order valence-corrected chi connectivity index (χ4v) is 6.18. The number of carbonyl (C=O) groups excluding carboxylic acids is 1. The van der Waals surface area contributed by atoms with Gasteiger partial charge in [-0.25, -0.2) is 9.97 Å². The van der Waals surface area contributed by atoms with Crippen LogP contribution in [0.2, 0.25) is 0 Å². The second-order valence-corrected chi connectivity index (χ2v) is 9.84. The van der Waals surface area contributed by atoms with Gasteiger partial charge in [0.2, 0.25) is 5.91 Å². The molecular formula is C24H37N5O. The molecule has 0 radical (unpaired) electrons. The van der Waals surface area contributed by atoms with Gasteiger partial charge in [0.25, 0.3) is 0 Å². The minimum atomic E-state index is 0.317. The van der Waals surface area contributed by atoms with Gasteiger partial charge in [0.1, 0.15) is 12.1 Å². The van der Waals surface area contributed by atoms with E-state index in [9.17, 15) is 4.79 Å². The Morgan fingerprint density at radius 3 is 2.43 bits per heavy atom. The maximum atomic E-state index is 12.8. The van der Waals surface area contributed by atoms with Crippen LogP contribution in [0.1, 0.15) is 75.5 Å². The first-order chi connectivity index (χ1) is 14.8. The first-order valence-corrected chi connectivity index (χ1v) is 12.4. The molecule has 0 spiro atoms. The van der Waals surface area contributed by atoms with Crippen molar-refractivity contribution >= 4 is 11.7 Å². The monoisotopic (exact) mass is 411 g/mol. The van der Waals surface area contributed by atoms with Crippen LogP contribution in [-0.4, -0.2) is 64.4 Å². The molecule has 6 nitrogen and oxygen atoms in total. The Labute approximate surface area is 181 Å². The van der Waals surface area contributed by atoms with Gasteiger partial charge in [-0.2, -0.15) is 0 Å². The maximum absolute atomic E-state index is 12.8. The molecule has 1 aromatic rings. The van der Waals surface area contributed by atoms with Crippen molar-refractivity contribution in [3.8, 4) is 0 Å². The first kappa shape index (κ1) is 20.2. The molecule has 3 heterocycles. The molecule has 164 valence electrons. The summed E-state index contributed by atoms with van der Waals surface area (Å²) in [6.45, 7) is 5.90. The highest BCUT2D eigenvalue weighted by Crippen LogP contribution is 2.31. The van der Waals surface area contributed by atoms with E-state index in [-0.39, 0.29) is 0 Å². The van der Waals surface area contributed by atoms with Crippen molar-refractivity contribution in [2.75, 3.05) is 37.6 Å². The summed E-state index contributed by atoms with van der Waals surface area (Å²) in [4.78, 5) is 29.2. The lowest BCUT2D eigenvalue weighted by atomic mass is 10.00. The lowest BCUT2D eigenvalue weighted by molar-refractivity contribution is -0.132. The molecule has 1 amide bonds. The second-order valence-electron chi connectivity index (χ2n) is 9.84. The molecule has 2 aliphatic heterocycles. The third kappa shape index (κ3) is 4.34. The van der Waals surface area contributed by atoms with Crippen molar-refractivity contribution in [1.29, 1.82) is 0 Å². The van der Waals surface area contributed by atoms with Gasteiger partial charge in [-0.05, 0) is 31.6 Å². The summed E-state index contributed by atoms with van der Waals surface area (Å²) < 4.78 is 0. The van der Waals surface area contributed by atoms with Crippen molar-refractivity contribution in [1.82, 2.24) is 19.8 Å². The number of anilines is 1. The summed E-state index contributed by atoms with van der Waals surface area (Å²) in [5.41, 5.74) is 2.35. The van der Waals surface area contributed by atoms with Crippen LogP contribution in [0.5, 0.6) is 0 Å². The van der Waals surface area contributed by atoms with Gasteiger partial charge in [0.05, 0.1) is 12.2 Å². The van der Waals surface area contributed by atoms with Crippen LogP contribution in [0.15, 0.2) is 6.33 Å². The minimum absolute atomic E-state index is 0.317. The zero-order chi connectivity index (χ0) is 20.3. The summed E-state index contributed by atoms with van der Waals surface area (Å²) in [6.07, 6.45) is 15.3. The van der Waals surface area contributed by atoms with Gasteiger partial charge in [-0.1, -0.05) is 38.5 Å². The van der Waals surface area contributed by atoms with Crippen molar-refractivity contribution in [3.05, 3.63) is 17.6 Å². The number of carbonyl (C=O) groups is 1. The number of piperazine rings is 1. The topological polar surface area (TPSA) is 52.6 Å². The number of aromatic nitrogens is 2. The number of rotatable bonds is 5. The van der Waals surface area contributed by atoms with E-state index >= 15 is 0 Å². The molecule has 1 aromatic heterocycles. The van der Waals surface area contributed by atoms with Gasteiger partial charge in [-0.3, -0.25) is 9.69 Å². The van der Waals surface area contributed by atoms with Gasteiger partial charge in [-0.15, -0.1) is 0 Å². The molecular weight excluding hydrogens is 374 g/mol. The van der Waals surface area contributed by atoms with Crippen molar-refractivity contribution in [3.63, 3.8) is 0 Å². The van der Waals surface area contributed by atoms with Gasteiger partial charge < -0.3 is 9.80 Å². The summed E-state index contributed by atoms with van der Waals surface area (Å²) in [5, 5.41) is 0. The van der Waals surface area contributed by atoms with Crippen LogP contribution in [-0.2, 0) is 17.8 Å². The number of amides is 1. The van der Waals surface area contributed by atoms with Gasteiger partial charge in [0, 0.05) is 50.7 Å². The Balaban J connectivity index is 1.18. The number of fused-ring (bicyclic) bond motifs is 1. The van der Waals surface area contributed by atoms with E-state index in [1.807, 2.05) is 4.90 Å². The quantitative estimate of drug-likeness (QED) is 0.743. The van der Waals surface area contributed by atoms with Crippen LogP contribution in [0, 0.1) is 5.92 Å². The summed E-state index contributed by atoms with van der Waals surface area (Å²) >= 11 is 0. The molecule has 30 heavy (non-hydrogen) atoms. The average molecular weight is 412 g/mol.